The second-order valence-electron chi connectivity index (χ2n) is 5.71. The van der Waals surface area contributed by atoms with Crippen LogP contribution in [0.25, 0.3) is 0 Å². The number of morpholine rings is 1. The van der Waals surface area contributed by atoms with Crippen LogP contribution in [0.1, 0.15) is 33.1 Å². The van der Waals surface area contributed by atoms with Crippen LogP contribution < -0.4 is 0 Å². The molecule has 0 aromatic heterocycles. The highest BCUT2D eigenvalue weighted by molar-refractivity contribution is 5.94. The van der Waals surface area contributed by atoms with Gasteiger partial charge < -0.3 is 9.94 Å². The van der Waals surface area contributed by atoms with Gasteiger partial charge in [-0.1, -0.05) is 17.3 Å². The molecule has 2 rings (SSSR count). The van der Waals surface area contributed by atoms with Gasteiger partial charge in [0.05, 0.1) is 24.5 Å². The van der Waals surface area contributed by atoms with E-state index in [0.29, 0.717) is 5.92 Å². The van der Waals surface area contributed by atoms with Crippen molar-refractivity contribution in [1.82, 2.24) is 4.90 Å². The van der Waals surface area contributed by atoms with E-state index >= 15 is 0 Å². The third kappa shape index (κ3) is 2.45. The molecular formula is C14H24N2O2. The van der Waals surface area contributed by atoms with Crippen LogP contribution >= 0.6 is 0 Å². The lowest BCUT2D eigenvalue weighted by atomic mass is 9.73. The molecule has 4 nitrogen and oxygen atoms in total. The SMILES string of the molecule is C=C(C)[C@@H]1CC[C@](C)(N2CCOCC2)/C(=N\O)C1. The molecule has 1 aliphatic heterocycles. The van der Waals surface area contributed by atoms with Crippen LogP contribution in [0.15, 0.2) is 17.3 Å². The summed E-state index contributed by atoms with van der Waals surface area (Å²) in [6, 6.07) is 0. The van der Waals surface area contributed by atoms with Crippen molar-refractivity contribution in [2.45, 2.75) is 38.6 Å². The van der Waals surface area contributed by atoms with Crippen LogP contribution in [0.5, 0.6) is 0 Å². The molecular weight excluding hydrogens is 228 g/mol. The van der Waals surface area contributed by atoms with E-state index in [9.17, 15) is 5.21 Å². The number of hydrogen-bond acceptors (Lipinski definition) is 4. The number of oxime groups is 1. The molecule has 0 amide bonds. The van der Waals surface area contributed by atoms with E-state index < -0.39 is 0 Å². The maximum atomic E-state index is 9.36. The van der Waals surface area contributed by atoms with Crippen LogP contribution in [0.3, 0.4) is 0 Å². The topological polar surface area (TPSA) is 45.1 Å². The molecule has 0 aromatic rings. The van der Waals surface area contributed by atoms with Crippen LogP contribution in [0.2, 0.25) is 0 Å². The number of rotatable bonds is 2. The largest absolute Gasteiger partial charge is 0.411 e. The maximum Gasteiger partial charge on any atom is 0.0776 e. The zero-order chi connectivity index (χ0) is 13.2. The molecule has 0 spiro atoms. The fourth-order valence-corrected chi connectivity index (χ4v) is 3.12. The first-order valence-electron chi connectivity index (χ1n) is 6.77. The first kappa shape index (κ1) is 13.6. The van der Waals surface area contributed by atoms with E-state index in [1.54, 1.807) is 0 Å². The lowest BCUT2D eigenvalue weighted by molar-refractivity contribution is -0.00228. The predicted molar refractivity (Wildman–Crippen MR) is 72.2 cm³/mol. The summed E-state index contributed by atoms with van der Waals surface area (Å²) in [5.41, 5.74) is 1.99. The molecule has 18 heavy (non-hydrogen) atoms. The van der Waals surface area contributed by atoms with Crippen molar-refractivity contribution in [3.8, 4) is 0 Å². The molecule has 0 unspecified atom stereocenters. The van der Waals surface area contributed by atoms with Crippen molar-refractivity contribution in [3.05, 3.63) is 12.2 Å². The van der Waals surface area contributed by atoms with Crippen molar-refractivity contribution in [1.29, 1.82) is 0 Å². The van der Waals surface area contributed by atoms with E-state index in [4.69, 9.17) is 4.74 Å². The maximum absolute atomic E-state index is 9.36. The summed E-state index contributed by atoms with van der Waals surface area (Å²) in [5.74, 6) is 0.463. The Labute approximate surface area is 109 Å². The number of hydrogen-bond donors (Lipinski definition) is 1. The van der Waals surface area contributed by atoms with Crippen molar-refractivity contribution in [2.24, 2.45) is 11.1 Å². The van der Waals surface area contributed by atoms with Gasteiger partial charge in [-0.3, -0.25) is 4.90 Å². The molecule has 2 atom stereocenters. The third-order valence-electron chi connectivity index (χ3n) is 4.57. The Morgan fingerprint density at radius 1 is 1.50 bits per heavy atom. The molecule has 1 saturated heterocycles. The van der Waals surface area contributed by atoms with E-state index in [-0.39, 0.29) is 5.54 Å². The summed E-state index contributed by atoms with van der Waals surface area (Å²) in [5, 5.41) is 13.0. The lowest BCUT2D eigenvalue weighted by Crippen LogP contribution is -2.58. The highest BCUT2D eigenvalue weighted by atomic mass is 16.5. The van der Waals surface area contributed by atoms with Gasteiger partial charge in [-0.2, -0.15) is 0 Å². The molecule has 1 saturated carbocycles. The van der Waals surface area contributed by atoms with Crippen molar-refractivity contribution in [3.63, 3.8) is 0 Å². The second-order valence-corrected chi connectivity index (χ2v) is 5.71. The summed E-state index contributed by atoms with van der Waals surface area (Å²) < 4.78 is 5.41. The van der Waals surface area contributed by atoms with E-state index in [0.717, 1.165) is 51.3 Å². The Bertz CT molecular complexity index is 348. The molecule has 0 radical (unpaired) electrons. The van der Waals surface area contributed by atoms with E-state index in [2.05, 4.69) is 30.5 Å². The minimum Gasteiger partial charge on any atom is -0.411 e. The lowest BCUT2D eigenvalue weighted by Gasteiger charge is -2.47. The van der Waals surface area contributed by atoms with Gasteiger partial charge in [0.25, 0.3) is 0 Å². The second kappa shape index (κ2) is 5.41. The van der Waals surface area contributed by atoms with Crippen LogP contribution in [0, 0.1) is 5.92 Å². The van der Waals surface area contributed by atoms with Crippen molar-refractivity contribution >= 4 is 5.71 Å². The van der Waals surface area contributed by atoms with E-state index in [1.807, 2.05) is 0 Å². The summed E-state index contributed by atoms with van der Waals surface area (Å²) in [7, 11) is 0. The molecule has 2 fully saturated rings. The quantitative estimate of drug-likeness (QED) is 0.466. The van der Waals surface area contributed by atoms with Crippen molar-refractivity contribution < 1.29 is 9.94 Å². The van der Waals surface area contributed by atoms with Gasteiger partial charge in [-0.15, -0.1) is 0 Å². The third-order valence-corrected chi connectivity index (χ3v) is 4.57. The smallest absolute Gasteiger partial charge is 0.0776 e. The fraction of sp³-hybridized carbons (Fsp3) is 0.786. The standard InChI is InChI=1S/C14H24N2O2/c1-11(2)12-4-5-14(3,13(10-12)15-17)16-6-8-18-9-7-16/h12,17H,1,4-10H2,2-3H3/b15-13-/t12-,14+/m1/s1. The highest BCUT2D eigenvalue weighted by Gasteiger charge is 2.42. The number of ether oxygens (including phenoxy) is 1. The minimum absolute atomic E-state index is 0.107. The zero-order valence-corrected chi connectivity index (χ0v) is 11.5. The molecule has 2 aliphatic rings. The zero-order valence-electron chi connectivity index (χ0n) is 11.5. The summed E-state index contributed by atoms with van der Waals surface area (Å²) in [4.78, 5) is 2.40. The molecule has 0 aromatic carbocycles. The van der Waals surface area contributed by atoms with E-state index in [1.165, 1.54) is 5.57 Å². The van der Waals surface area contributed by atoms with Gasteiger partial charge in [0.2, 0.25) is 0 Å². The molecule has 0 bridgehead atoms. The summed E-state index contributed by atoms with van der Waals surface area (Å²) >= 11 is 0. The average molecular weight is 252 g/mol. The van der Waals surface area contributed by atoms with Gasteiger partial charge in [0.1, 0.15) is 0 Å². The van der Waals surface area contributed by atoms with Gasteiger partial charge in [0.15, 0.2) is 0 Å². The molecule has 1 N–H and O–H groups in total. The minimum atomic E-state index is -0.107. The molecule has 102 valence electrons. The molecule has 1 heterocycles. The van der Waals surface area contributed by atoms with Crippen LogP contribution in [-0.2, 0) is 4.74 Å². The predicted octanol–water partition coefficient (Wildman–Crippen LogP) is 2.28. The first-order valence-corrected chi connectivity index (χ1v) is 6.77. The Morgan fingerprint density at radius 2 is 2.17 bits per heavy atom. The van der Waals surface area contributed by atoms with Gasteiger partial charge in [-0.05, 0) is 39.0 Å². The summed E-state index contributed by atoms with van der Waals surface area (Å²) in [6.07, 6.45) is 2.99. The van der Waals surface area contributed by atoms with Crippen molar-refractivity contribution in [2.75, 3.05) is 26.3 Å². The Kier molecular flexibility index (Phi) is 4.07. The monoisotopic (exact) mass is 252 g/mol. The number of allylic oxidation sites excluding steroid dienone is 1. The first-order chi connectivity index (χ1) is 8.58. The Balaban J connectivity index is 2.14. The molecule has 4 heteroatoms. The van der Waals surface area contributed by atoms with Gasteiger partial charge >= 0.3 is 0 Å². The normalized spacial score (nSPS) is 36.8. The highest BCUT2D eigenvalue weighted by Crippen LogP contribution is 2.37. The van der Waals surface area contributed by atoms with Gasteiger partial charge in [0, 0.05) is 13.1 Å². The van der Waals surface area contributed by atoms with Gasteiger partial charge in [-0.25, -0.2) is 0 Å². The Hall–Kier alpha value is -0.870. The number of nitrogens with zero attached hydrogens (tertiary/aromatic N) is 2. The average Bonchev–Trinajstić information content (AvgIpc) is 2.40. The fourth-order valence-electron chi connectivity index (χ4n) is 3.12. The summed E-state index contributed by atoms with van der Waals surface area (Å²) in [6.45, 7) is 11.7. The van der Waals surface area contributed by atoms with Crippen LogP contribution in [-0.4, -0.2) is 47.7 Å². The Morgan fingerprint density at radius 3 is 2.72 bits per heavy atom. The molecule has 1 aliphatic carbocycles. The van der Waals surface area contributed by atoms with Crippen LogP contribution in [0.4, 0.5) is 0 Å².